The lowest BCUT2D eigenvalue weighted by atomic mass is 10.0. The Morgan fingerprint density at radius 1 is 1.32 bits per heavy atom. The number of carbonyl (C=O) groups is 1. The zero-order chi connectivity index (χ0) is 18.4. The molecule has 0 aromatic heterocycles. The molecule has 1 aromatic rings. The number of methoxy groups -OCH3 is 1. The lowest BCUT2D eigenvalue weighted by Crippen LogP contribution is -2.42. The molecule has 1 atom stereocenters. The number of carbonyl (C=O) groups excluding carboxylic acids is 1. The van der Waals surface area contributed by atoms with Gasteiger partial charge in [0.2, 0.25) is 5.91 Å². The van der Waals surface area contributed by atoms with Gasteiger partial charge in [-0.3, -0.25) is 4.79 Å². The monoisotopic (exact) mass is 365 g/mol. The maximum absolute atomic E-state index is 12.6. The molecule has 1 fully saturated rings. The fourth-order valence-corrected chi connectivity index (χ4v) is 4.67. The van der Waals surface area contributed by atoms with Crippen molar-refractivity contribution in [2.45, 2.75) is 32.2 Å². The van der Waals surface area contributed by atoms with Gasteiger partial charge in [0.15, 0.2) is 9.84 Å². The fraction of sp³-hybridized carbons (Fsp3) is 0.526. The minimum atomic E-state index is -3.04. The smallest absolute Gasteiger partial charge is 0.246 e. The second-order valence-corrected chi connectivity index (χ2v) is 8.96. The van der Waals surface area contributed by atoms with Crippen LogP contribution in [0.25, 0.3) is 6.08 Å². The van der Waals surface area contributed by atoms with E-state index in [0.29, 0.717) is 25.5 Å². The molecule has 0 saturated carbocycles. The summed E-state index contributed by atoms with van der Waals surface area (Å²) < 4.78 is 28.5. The second-order valence-electron chi connectivity index (χ2n) is 6.74. The van der Waals surface area contributed by atoms with Crippen molar-refractivity contribution in [2.24, 2.45) is 0 Å². The molecule has 2 rings (SSSR count). The van der Waals surface area contributed by atoms with Gasteiger partial charge in [0.05, 0.1) is 18.1 Å². The average molecular weight is 365 g/mol. The van der Waals surface area contributed by atoms with E-state index in [0.717, 1.165) is 5.56 Å². The molecule has 0 aliphatic carbocycles. The number of sulfone groups is 1. The first kappa shape index (κ1) is 19.7. The maximum Gasteiger partial charge on any atom is 0.246 e. The van der Waals surface area contributed by atoms with Gasteiger partial charge in [0.25, 0.3) is 0 Å². The Morgan fingerprint density at radius 3 is 2.52 bits per heavy atom. The number of hydrogen-bond donors (Lipinski definition) is 0. The first-order chi connectivity index (χ1) is 11.8. The van der Waals surface area contributed by atoms with Gasteiger partial charge in [-0.1, -0.05) is 38.1 Å². The molecule has 25 heavy (non-hydrogen) atoms. The lowest BCUT2D eigenvalue weighted by Gasteiger charge is -2.26. The largest absolute Gasteiger partial charge is 0.383 e. The standard InChI is InChI=1S/C19H27NO4S/c1-15(2)17-7-4-16(5-8-17)6-9-19(21)20(11-12-24-3)18-10-13-25(22,23)14-18/h4-9,15,18H,10-14H2,1-3H3. The average Bonchev–Trinajstić information content (AvgIpc) is 2.93. The molecule has 0 N–H and O–H groups in total. The molecule has 1 amide bonds. The number of ether oxygens (including phenoxy) is 1. The van der Waals surface area contributed by atoms with Gasteiger partial charge in [-0.05, 0) is 29.5 Å². The first-order valence-electron chi connectivity index (χ1n) is 8.60. The van der Waals surface area contributed by atoms with Crippen LogP contribution in [0.3, 0.4) is 0 Å². The third-order valence-electron chi connectivity index (χ3n) is 4.49. The Morgan fingerprint density at radius 2 is 2.00 bits per heavy atom. The van der Waals surface area contributed by atoms with Crippen molar-refractivity contribution in [3.05, 3.63) is 41.5 Å². The van der Waals surface area contributed by atoms with Gasteiger partial charge in [0, 0.05) is 25.8 Å². The van der Waals surface area contributed by atoms with Crippen molar-refractivity contribution >= 4 is 21.8 Å². The van der Waals surface area contributed by atoms with Gasteiger partial charge in [-0.25, -0.2) is 8.42 Å². The summed E-state index contributed by atoms with van der Waals surface area (Å²) >= 11 is 0. The summed E-state index contributed by atoms with van der Waals surface area (Å²) in [6.07, 6.45) is 3.79. The zero-order valence-corrected chi connectivity index (χ0v) is 16.0. The van der Waals surface area contributed by atoms with Crippen molar-refractivity contribution < 1.29 is 17.9 Å². The van der Waals surface area contributed by atoms with Crippen LogP contribution in [0.1, 0.15) is 37.3 Å². The van der Waals surface area contributed by atoms with Crippen LogP contribution in [0.5, 0.6) is 0 Å². The van der Waals surface area contributed by atoms with E-state index in [2.05, 4.69) is 26.0 Å². The minimum absolute atomic E-state index is 0.0411. The van der Waals surface area contributed by atoms with E-state index >= 15 is 0 Å². The van der Waals surface area contributed by atoms with Crippen molar-refractivity contribution in [2.75, 3.05) is 31.8 Å². The van der Waals surface area contributed by atoms with E-state index in [1.165, 1.54) is 11.6 Å². The van der Waals surface area contributed by atoms with Crippen molar-refractivity contribution in [1.29, 1.82) is 0 Å². The van der Waals surface area contributed by atoms with Crippen molar-refractivity contribution in [1.82, 2.24) is 4.90 Å². The van der Waals surface area contributed by atoms with E-state index < -0.39 is 9.84 Å². The Kier molecular flexibility index (Phi) is 6.79. The highest BCUT2D eigenvalue weighted by molar-refractivity contribution is 7.91. The van der Waals surface area contributed by atoms with Gasteiger partial charge in [0.1, 0.15) is 0 Å². The van der Waals surface area contributed by atoms with Crippen LogP contribution in [0.15, 0.2) is 30.3 Å². The van der Waals surface area contributed by atoms with Gasteiger partial charge in [-0.2, -0.15) is 0 Å². The molecule has 1 aliphatic rings. The van der Waals surface area contributed by atoms with Crippen LogP contribution in [0.4, 0.5) is 0 Å². The third-order valence-corrected chi connectivity index (χ3v) is 6.24. The van der Waals surface area contributed by atoms with Gasteiger partial charge < -0.3 is 9.64 Å². The van der Waals surface area contributed by atoms with Crippen LogP contribution in [-0.4, -0.2) is 57.0 Å². The summed E-state index contributed by atoms with van der Waals surface area (Å²) in [5, 5.41) is 0. The Hall–Kier alpha value is -1.66. The number of nitrogens with zero attached hydrogens (tertiary/aromatic N) is 1. The van der Waals surface area contributed by atoms with E-state index in [-0.39, 0.29) is 23.5 Å². The molecular weight excluding hydrogens is 338 g/mol. The normalized spacial score (nSPS) is 19.6. The molecule has 1 aliphatic heterocycles. The van der Waals surface area contributed by atoms with E-state index in [9.17, 15) is 13.2 Å². The summed E-state index contributed by atoms with van der Waals surface area (Å²) in [4.78, 5) is 14.2. The van der Waals surface area contributed by atoms with Gasteiger partial charge in [-0.15, -0.1) is 0 Å². The molecule has 0 spiro atoms. The fourth-order valence-electron chi connectivity index (χ4n) is 2.94. The molecule has 0 bridgehead atoms. The summed E-state index contributed by atoms with van der Waals surface area (Å²) in [6.45, 7) is 5.06. The molecule has 0 radical (unpaired) electrons. The number of amides is 1. The predicted octanol–water partition coefficient (Wildman–Crippen LogP) is 2.49. The minimum Gasteiger partial charge on any atom is -0.383 e. The summed E-state index contributed by atoms with van der Waals surface area (Å²) in [5.41, 5.74) is 2.20. The van der Waals surface area contributed by atoms with Crippen LogP contribution in [0.2, 0.25) is 0 Å². The topological polar surface area (TPSA) is 63.7 Å². The Bertz CT molecular complexity index is 707. The second kappa shape index (κ2) is 8.63. The molecule has 1 unspecified atom stereocenters. The molecule has 6 heteroatoms. The summed E-state index contributed by atoms with van der Waals surface area (Å²) in [7, 11) is -1.47. The van der Waals surface area contributed by atoms with Gasteiger partial charge >= 0.3 is 0 Å². The number of hydrogen-bond acceptors (Lipinski definition) is 4. The molecular formula is C19H27NO4S. The molecule has 1 aromatic carbocycles. The highest BCUT2D eigenvalue weighted by atomic mass is 32.2. The zero-order valence-electron chi connectivity index (χ0n) is 15.1. The van der Waals surface area contributed by atoms with Crippen molar-refractivity contribution in [3.63, 3.8) is 0 Å². The number of benzene rings is 1. The molecule has 138 valence electrons. The SMILES string of the molecule is COCCN(C(=O)C=Cc1ccc(C(C)C)cc1)C1CCS(=O)(=O)C1. The quantitative estimate of drug-likeness (QED) is 0.697. The van der Waals surface area contributed by atoms with E-state index in [4.69, 9.17) is 4.74 Å². The highest BCUT2D eigenvalue weighted by Crippen LogP contribution is 2.19. The Balaban J connectivity index is 2.07. The molecule has 5 nitrogen and oxygen atoms in total. The van der Waals surface area contributed by atoms with Crippen LogP contribution < -0.4 is 0 Å². The van der Waals surface area contributed by atoms with Crippen LogP contribution in [-0.2, 0) is 19.4 Å². The van der Waals surface area contributed by atoms with Crippen LogP contribution in [0, 0.1) is 0 Å². The van der Waals surface area contributed by atoms with Crippen LogP contribution >= 0.6 is 0 Å². The number of rotatable bonds is 7. The highest BCUT2D eigenvalue weighted by Gasteiger charge is 2.33. The van der Waals surface area contributed by atoms with E-state index in [1.54, 1.807) is 18.1 Å². The third kappa shape index (κ3) is 5.68. The molecule has 1 heterocycles. The van der Waals surface area contributed by atoms with Crippen molar-refractivity contribution in [3.8, 4) is 0 Å². The summed E-state index contributed by atoms with van der Waals surface area (Å²) in [5.74, 6) is 0.481. The Labute approximate surface area is 150 Å². The predicted molar refractivity (Wildman–Crippen MR) is 100 cm³/mol. The lowest BCUT2D eigenvalue weighted by molar-refractivity contribution is -0.128. The summed E-state index contributed by atoms with van der Waals surface area (Å²) in [6, 6.07) is 7.82. The maximum atomic E-state index is 12.6. The first-order valence-corrected chi connectivity index (χ1v) is 10.4. The molecule has 1 saturated heterocycles. The van der Waals surface area contributed by atoms with E-state index in [1.807, 2.05) is 12.1 Å².